The van der Waals surface area contributed by atoms with Gasteiger partial charge in [-0.2, -0.15) is 0 Å². The van der Waals surface area contributed by atoms with Gasteiger partial charge in [0.15, 0.2) is 0 Å². The van der Waals surface area contributed by atoms with Crippen molar-refractivity contribution in [3.05, 3.63) is 48.6 Å². The average Bonchev–Trinajstić information content (AvgIpc) is 2.97. The molecule has 15 nitrogen and oxygen atoms in total. The van der Waals surface area contributed by atoms with E-state index in [1.807, 2.05) is 0 Å². The van der Waals surface area contributed by atoms with Gasteiger partial charge in [0, 0.05) is 6.54 Å². The van der Waals surface area contributed by atoms with E-state index in [-0.39, 0.29) is 23.3 Å². The Morgan fingerprint density at radius 3 is 1.42 bits per heavy atom. The highest BCUT2D eigenvalue weighted by Crippen LogP contribution is 2.26. The maximum Gasteiger partial charge on any atom is 0.408 e. The maximum absolute atomic E-state index is 13.4. The number of rotatable bonds is 19. The lowest BCUT2D eigenvalue weighted by molar-refractivity contribution is -0.177. The molecule has 1 N–H and O–H groups in total. The number of allylic oxidation sites excluding steroid dienone is 1. The number of hydrogen-bond acceptors (Lipinski definition) is 14. The van der Waals surface area contributed by atoms with Crippen LogP contribution in [0.15, 0.2) is 48.6 Å². The molecule has 43 heavy (non-hydrogen) atoms. The van der Waals surface area contributed by atoms with Gasteiger partial charge in [0.05, 0.1) is 50.9 Å². The van der Waals surface area contributed by atoms with Crippen LogP contribution < -0.4 is 5.32 Å². The smallest absolute Gasteiger partial charge is 0.408 e. The van der Waals surface area contributed by atoms with E-state index in [1.54, 1.807) is 6.92 Å². The minimum Gasteiger partial charge on any atom is -0.466 e. The van der Waals surface area contributed by atoms with E-state index < -0.39 is 80.2 Å². The van der Waals surface area contributed by atoms with E-state index in [9.17, 15) is 33.6 Å². The number of hydrogen-bond donors (Lipinski definition) is 1. The molecule has 0 radical (unpaired) electrons. The predicted octanol–water partition coefficient (Wildman–Crippen LogP) is 1.41. The molecule has 0 bridgehead atoms. The first-order valence-corrected chi connectivity index (χ1v) is 12.5. The van der Waals surface area contributed by atoms with Gasteiger partial charge in [0.1, 0.15) is 19.8 Å². The molecule has 0 aromatic rings. The SMILES string of the molecule is C=C(C)CCCNC(=O)OC(CC(=O)OCC(=C)C(=O)OC)(CC(=O)OCC(=C)C(=O)OC)C(=O)OCC(=C)C(=O)OC. The van der Waals surface area contributed by atoms with Crippen LogP contribution in [0.4, 0.5) is 4.79 Å². The van der Waals surface area contributed by atoms with Crippen molar-refractivity contribution in [1.82, 2.24) is 5.32 Å². The molecule has 0 aliphatic rings. The molecule has 0 unspecified atom stereocenters. The zero-order chi connectivity index (χ0) is 33.2. The van der Waals surface area contributed by atoms with Crippen LogP contribution in [0.2, 0.25) is 0 Å². The third-order valence-corrected chi connectivity index (χ3v) is 5.18. The van der Waals surface area contributed by atoms with Gasteiger partial charge in [-0.05, 0) is 19.8 Å². The van der Waals surface area contributed by atoms with Crippen LogP contribution in [-0.2, 0) is 61.9 Å². The second kappa shape index (κ2) is 19.2. The van der Waals surface area contributed by atoms with Crippen LogP contribution in [0, 0.1) is 0 Å². The average molecular weight is 612 g/mol. The highest BCUT2D eigenvalue weighted by molar-refractivity contribution is 5.94. The Balaban J connectivity index is 6.26. The van der Waals surface area contributed by atoms with Gasteiger partial charge >= 0.3 is 41.9 Å². The molecular formula is C28H37NO14. The number of methoxy groups -OCH3 is 3. The molecule has 0 spiro atoms. The summed E-state index contributed by atoms with van der Waals surface area (Å²) >= 11 is 0. The zero-order valence-electron chi connectivity index (χ0n) is 24.7. The summed E-state index contributed by atoms with van der Waals surface area (Å²) in [4.78, 5) is 86.6. The van der Waals surface area contributed by atoms with Crippen LogP contribution in [0.5, 0.6) is 0 Å². The van der Waals surface area contributed by atoms with Gasteiger partial charge in [-0.15, -0.1) is 6.58 Å². The summed E-state index contributed by atoms with van der Waals surface area (Å²) < 4.78 is 33.7. The molecule has 0 fully saturated rings. The number of nitrogens with one attached hydrogen (secondary N) is 1. The summed E-state index contributed by atoms with van der Waals surface area (Å²) in [6, 6.07) is 0. The quantitative estimate of drug-likeness (QED) is 0.0723. The lowest BCUT2D eigenvalue weighted by Crippen LogP contribution is -2.50. The maximum atomic E-state index is 13.4. The summed E-state index contributed by atoms with van der Waals surface area (Å²) in [6.45, 7) is 13.7. The summed E-state index contributed by atoms with van der Waals surface area (Å²) in [5.74, 6) is -6.66. The largest absolute Gasteiger partial charge is 0.466 e. The Morgan fingerprint density at radius 2 is 1.05 bits per heavy atom. The first-order valence-electron chi connectivity index (χ1n) is 12.5. The summed E-state index contributed by atoms with van der Waals surface area (Å²) in [5.41, 5.74) is -2.76. The zero-order valence-corrected chi connectivity index (χ0v) is 24.7. The van der Waals surface area contributed by atoms with Crippen molar-refractivity contribution in [2.24, 2.45) is 0 Å². The molecule has 0 aromatic heterocycles. The molecule has 0 aliphatic carbocycles. The van der Waals surface area contributed by atoms with Gasteiger partial charge in [-0.3, -0.25) is 9.59 Å². The van der Waals surface area contributed by atoms with Gasteiger partial charge < -0.3 is 38.5 Å². The van der Waals surface area contributed by atoms with E-state index in [1.165, 1.54) is 0 Å². The number of alkyl carbamates (subject to hydrolysis) is 1. The number of carbonyl (C=O) groups is 7. The van der Waals surface area contributed by atoms with Crippen LogP contribution in [0.3, 0.4) is 0 Å². The number of esters is 6. The molecule has 0 saturated carbocycles. The number of carbonyl (C=O) groups excluding carboxylic acids is 7. The van der Waals surface area contributed by atoms with Crippen molar-refractivity contribution in [3.8, 4) is 0 Å². The Morgan fingerprint density at radius 1 is 0.651 bits per heavy atom. The molecule has 0 atom stereocenters. The van der Waals surface area contributed by atoms with E-state index in [4.69, 9.17) is 18.9 Å². The Labute approximate surface area is 248 Å². The molecule has 15 heteroatoms. The molecule has 0 aliphatic heterocycles. The standard InChI is InChI=1S/C28H37NO14/c1-17(2)10-9-11-29-27(36)43-28(26(35)42-16-20(5)25(34)39-8,12-21(30)40-14-18(3)23(32)37-6)13-22(31)41-15-19(4)24(33)38-7/h1,3-5,9-16H2,2,6-8H3,(H,29,36). The third-order valence-electron chi connectivity index (χ3n) is 5.18. The van der Waals surface area contributed by atoms with Gasteiger partial charge in [0.25, 0.3) is 0 Å². The number of amides is 1. The van der Waals surface area contributed by atoms with Crippen LogP contribution in [0.25, 0.3) is 0 Å². The Bertz CT molecular complexity index is 1090. The lowest BCUT2D eigenvalue weighted by atomic mass is 9.95. The van der Waals surface area contributed by atoms with Crippen LogP contribution in [0.1, 0.15) is 32.6 Å². The molecule has 238 valence electrons. The van der Waals surface area contributed by atoms with Crippen molar-refractivity contribution in [3.63, 3.8) is 0 Å². The fraction of sp³-hybridized carbons (Fsp3) is 0.464. The van der Waals surface area contributed by atoms with E-state index in [0.29, 0.717) is 12.8 Å². The van der Waals surface area contributed by atoms with Gasteiger partial charge in [-0.1, -0.05) is 25.3 Å². The highest BCUT2D eigenvalue weighted by atomic mass is 16.6. The first-order chi connectivity index (χ1) is 20.1. The highest BCUT2D eigenvalue weighted by Gasteiger charge is 2.49. The van der Waals surface area contributed by atoms with Crippen LogP contribution in [-0.4, -0.2) is 95.2 Å². The van der Waals surface area contributed by atoms with E-state index in [0.717, 1.165) is 26.9 Å². The minimum atomic E-state index is -2.73. The number of ether oxygens (including phenoxy) is 7. The molecular weight excluding hydrogens is 574 g/mol. The van der Waals surface area contributed by atoms with Crippen molar-refractivity contribution in [2.45, 2.75) is 38.2 Å². The lowest BCUT2D eigenvalue weighted by Gasteiger charge is -2.30. The minimum absolute atomic E-state index is 0.0583. The molecule has 0 heterocycles. The van der Waals surface area contributed by atoms with Crippen molar-refractivity contribution in [2.75, 3.05) is 47.7 Å². The predicted molar refractivity (Wildman–Crippen MR) is 147 cm³/mol. The fourth-order valence-electron chi connectivity index (χ4n) is 2.91. The topological polar surface area (TPSA) is 196 Å². The van der Waals surface area contributed by atoms with Crippen molar-refractivity contribution < 1.29 is 66.7 Å². The molecule has 1 amide bonds. The van der Waals surface area contributed by atoms with Gasteiger partial charge in [-0.25, -0.2) is 24.0 Å². The summed E-state index contributed by atoms with van der Waals surface area (Å²) in [5, 5.41) is 2.38. The second-order valence-electron chi connectivity index (χ2n) is 8.91. The first kappa shape index (κ1) is 38.0. The Hall–Kier alpha value is -4.95. The third kappa shape index (κ3) is 14.5. The van der Waals surface area contributed by atoms with Gasteiger partial charge in [0.2, 0.25) is 5.60 Å². The molecule has 0 aromatic carbocycles. The monoisotopic (exact) mass is 611 g/mol. The molecule has 0 saturated heterocycles. The van der Waals surface area contributed by atoms with E-state index >= 15 is 0 Å². The summed E-state index contributed by atoms with van der Waals surface area (Å²) in [7, 11) is 3.20. The summed E-state index contributed by atoms with van der Waals surface area (Å²) in [6.07, 6.45) is -2.50. The van der Waals surface area contributed by atoms with E-state index in [2.05, 4.69) is 45.8 Å². The Kier molecular flexibility index (Phi) is 17.0. The van der Waals surface area contributed by atoms with Crippen LogP contribution >= 0.6 is 0 Å². The normalized spacial score (nSPS) is 10.2. The second-order valence-corrected chi connectivity index (χ2v) is 8.91. The van der Waals surface area contributed by atoms with Crippen molar-refractivity contribution in [1.29, 1.82) is 0 Å². The fourth-order valence-corrected chi connectivity index (χ4v) is 2.91. The van der Waals surface area contributed by atoms with Crippen molar-refractivity contribution >= 4 is 41.9 Å². The molecule has 0 rings (SSSR count).